The van der Waals surface area contributed by atoms with Gasteiger partial charge in [0.15, 0.2) is 0 Å². The third-order valence-electron chi connectivity index (χ3n) is 4.11. The number of rotatable bonds is 8. The Hall–Kier alpha value is -3.24. The quantitative estimate of drug-likeness (QED) is 0.520. The molecule has 1 aromatic heterocycles. The molecule has 2 aromatic carbocycles. The molecule has 0 aliphatic carbocycles. The summed E-state index contributed by atoms with van der Waals surface area (Å²) in [5.41, 5.74) is 1.50. The lowest BCUT2D eigenvalue weighted by Crippen LogP contribution is -2.31. The van der Waals surface area contributed by atoms with Gasteiger partial charge in [0.05, 0.1) is 23.7 Å². The van der Waals surface area contributed by atoms with Crippen LogP contribution in [0, 0.1) is 0 Å². The SMILES string of the molecule is CCS(=O)(=O)N(Cc1cccnc1)c1cccc(Oc2ccc(N=S(=O)=O)cc2)c1. The van der Waals surface area contributed by atoms with E-state index in [1.165, 1.54) is 16.4 Å². The van der Waals surface area contributed by atoms with E-state index in [1.54, 1.807) is 61.8 Å². The Labute approximate surface area is 176 Å². The van der Waals surface area contributed by atoms with Crippen LogP contribution in [0.25, 0.3) is 0 Å². The van der Waals surface area contributed by atoms with E-state index in [0.717, 1.165) is 5.56 Å². The van der Waals surface area contributed by atoms with Crippen molar-refractivity contribution in [3.63, 3.8) is 0 Å². The van der Waals surface area contributed by atoms with E-state index in [-0.39, 0.29) is 18.0 Å². The minimum absolute atomic E-state index is 0.0512. The molecule has 0 bridgehead atoms. The fraction of sp³-hybridized carbons (Fsp3) is 0.150. The van der Waals surface area contributed by atoms with Crippen LogP contribution >= 0.6 is 0 Å². The predicted molar refractivity (Wildman–Crippen MR) is 114 cm³/mol. The molecule has 0 saturated heterocycles. The third-order valence-corrected chi connectivity index (χ3v) is 6.21. The van der Waals surface area contributed by atoms with Crippen LogP contribution < -0.4 is 9.04 Å². The second kappa shape index (κ2) is 9.51. The van der Waals surface area contributed by atoms with E-state index in [4.69, 9.17) is 4.74 Å². The van der Waals surface area contributed by atoms with Crippen LogP contribution in [-0.2, 0) is 27.1 Å². The summed E-state index contributed by atoms with van der Waals surface area (Å²) >= 11 is 0. The van der Waals surface area contributed by atoms with Crippen molar-refractivity contribution in [2.24, 2.45) is 4.36 Å². The third kappa shape index (κ3) is 5.65. The molecule has 3 aromatic rings. The first-order valence-electron chi connectivity index (χ1n) is 8.96. The molecule has 0 N–H and O–H groups in total. The highest BCUT2D eigenvalue weighted by molar-refractivity contribution is 7.92. The Kier molecular flexibility index (Phi) is 6.80. The number of benzene rings is 2. The van der Waals surface area contributed by atoms with Gasteiger partial charge in [0, 0.05) is 18.5 Å². The first-order chi connectivity index (χ1) is 14.4. The lowest BCUT2D eigenvalue weighted by atomic mass is 10.2. The second-order valence-corrected chi connectivity index (χ2v) is 8.97. The predicted octanol–water partition coefficient (Wildman–Crippen LogP) is 3.92. The van der Waals surface area contributed by atoms with E-state index < -0.39 is 20.5 Å². The molecule has 8 nitrogen and oxygen atoms in total. The van der Waals surface area contributed by atoms with Crippen molar-refractivity contribution < 1.29 is 21.6 Å². The number of pyridine rings is 1. The molecular weight excluding hydrogens is 426 g/mol. The molecule has 0 amide bonds. The summed E-state index contributed by atoms with van der Waals surface area (Å²) in [6.07, 6.45) is 3.25. The largest absolute Gasteiger partial charge is 0.457 e. The van der Waals surface area contributed by atoms with Gasteiger partial charge in [0.25, 0.3) is 0 Å². The molecule has 3 rings (SSSR count). The van der Waals surface area contributed by atoms with E-state index >= 15 is 0 Å². The Balaban J connectivity index is 1.88. The van der Waals surface area contributed by atoms with Crippen LogP contribution in [0.15, 0.2) is 77.4 Å². The van der Waals surface area contributed by atoms with Gasteiger partial charge in [-0.1, -0.05) is 12.1 Å². The topological polar surface area (TPSA) is 106 Å². The average Bonchev–Trinajstić information content (AvgIpc) is 2.74. The molecule has 156 valence electrons. The normalized spacial score (nSPS) is 11.0. The molecule has 0 aliphatic rings. The van der Waals surface area contributed by atoms with Crippen LogP contribution in [0.4, 0.5) is 11.4 Å². The Morgan fingerprint density at radius 2 is 1.80 bits per heavy atom. The van der Waals surface area contributed by atoms with E-state index in [0.29, 0.717) is 17.2 Å². The fourth-order valence-corrected chi connectivity index (χ4v) is 4.05. The summed E-state index contributed by atoms with van der Waals surface area (Å²) in [6, 6.07) is 16.5. The smallest absolute Gasteiger partial charge is 0.316 e. The van der Waals surface area contributed by atoms with Crippen LogP contribution in [0.1, 0.15) is 12.5 Å². The Bertz CT molecular complexity index is 1240. The first-order valence-corrected chi connectivity index (χ1v) is 11.6. The van der Waals surface area contributed by atoms with Gasteiger partial charge < -0.3 is 4.74 Å². The zero-order valence-corrected chi connectivity index (χ0v) is 17.7. The van der Waals surface area contributed by atoms with Crippen molar-refractivity contribution in [2.75, 3.05) is 10.1 Å². The van der Waals surface area contributed by atoms with Gasteiger partial charge in [0.2, 0.25) is 10.0 Å². The highest BCUT2D eigenvalue weighted by Gasteiger charge is 2.21. The highest BCUT2D eigenvalue weighted by Crippen LogP contribution is 2.29. The molecule has 0 fully saturated rings. The molecule has 0 radical (unpaired) electrons. The van der Waals surface area contributed by atoms with Gasteiger partial charge in [-0.05, 0) is 55.0 Å². The van der Waals surface area contributed by atoms with Crippen molar-refractivity contribution >= 4 is 31.9 Å². The maximum absolute atomic E-state index is 12.7. The molecule has 0 spiro atoms. The summed E-state index contributed by atoms with van der Waals surface area (Å²) in [7, 11) is -6.07. The summed E-state index contributed by atoms with van der Waals surface area (Å²) in [5.74, 6) is 0.844. The first kappa shape index (κ1) is 21.5. The number of sulfonamides is 1. The number of hydrogen-bond acceptors (Lipinski definition) is 7. The van der Waals surface area contributed by atoms with Gasteiger partial charge in [-0.2, -0.15) is 8.42 Å². The van der Waals surface area contributed by atoms with Crippen molar-refractivity contribution in [3.8, 4) is 11.5 Å². The minimum atomic E-state index is -3.54. The van der Waals surface area contributed by atoms with Crippen molar-refractivity contribution in [3.05, 3.63) is 78.6 Å². The Morgan fingerprint density at radius 3 is 2.43 bits per heavy atom. The molecule has 0 unspecified atom stereocenters. The molecule has 10 heteroatoms. The van der Waals surface area contributed by atoms with Gasteiger partial charge in [0.1, 0.15) is 11.5 Å². The van der Waals surface area contributed by atoms with Crippen molar-refractivity contribution in [1.82, 2.24) is 4.98 Å². The van der Waals surface area contributed by atoms with Gasteiger partial charge in [-0.3, -0.25) is 9.29 Å². The van der Waals surface area contributed by atoms with Gasteiger partial charge >= 0.3 is 10.5 Å². The van der Waals surface area contributed by atoms with Crippen molar-refractivity contribution in [1.29, 1.82) is 0 Å². The maximum Gasteiger partial charge on any atom is 0.316 e. The molecule has 0 aliphatic heterocycles. The van der Waals surface area contributed by atoms with Gasteiger partial charge in [-0.15, -0.1) is 4.36 Å². The van der Waals surface area contributed by atoms with E-state index in [1.807, 2.05) is 6.07 Å². The highest BCUT2D eigenvalue weighted by atomic mass is 32.2. The Morgan fingerprint density at radius 1 is 1.03 bits per heavy atom. The lowest BCUT2D eigenvalue weighted by molar-refractivity contribution is 0.483. The van der Waals surface area contributed by atoms with Crippen LogP contribution in [0.5, 0.6) is 11.5 Å². The minimum Gasteiger partial charge on any atom is -0.457 e. The molecular formula is C20H19N3O5S2. The van der Waals surface area contributed by atoms with Crippen LogP contribution in [0.2, 0.25) is 0 Å². The van der Waals surface area contributed by atoms with Crippen LogP contribution in [-0.4, -0.2) is 27.6 Å². The maximum atomic E-state index is 12.7. The van der Waals surface area contributed by atoms with E-state index in [2.05, 4.69) is 9.35 Å². The summed E-state index contributed by atoms with van der Waals surface area (Å²) in [4.78, 5) is 4.05. The lowest BCUT2D eigenvalue weighted by Gasteiger charge is -2.24. The average molecular weight is 446 g/mol. The molecule has 1 heterocycles. The van der Waals surface area contributed by atoms with Crippen LogP contribution in [0.3, 0.4) is 0 Å². The summed E-state index contributed by atoms with van der Waals surface area (Å²) in [6.45, 7) is 1.74. The van der Waals surface area contributed by atoms with Crippen molar-refractivity contribution in [2.45, 2.75) is 13.5 Å². The molecule has 0 atom stereocenters. The van der Waals surface area contributed by atoms with E-state index in [9.17, 15) is 16.8 Å². The molecule has 30 heavy (non-hydrogen) atoms. The zero-order valence-electron chi connectivity index (χ0n) is 16.0. The second-order valence-electron chi connectivity index (χ2n) is 6.17. The number of anilines is 1. The number of nitrogens with zero attached hydrogens (tertiary/aromatic N) is 3. The fourth-order valence-electron chi connectivity index (χ4n) is 2.66. The van der Waals surface area contributed by atoms with Gasteiger partial charge in [-0.25, -0.2) is 8.42 Å². The molecule has 0 saturated carbocycles. The monoisotopic (exact) mass is 445 g/mol. The number of hydrogen-bond donors (Lipinski definition) is 0. The zero-order chi connectivity index (χ0) is 21.6. The summed E-state index contributed by atoms with van der Waals surface area (Å²) < 4.78 is 57.2. The number of ether oxygens (including phenoxy) is 1. The standard InChI is InChI=1S/C20H19N3O5S2/c1-2-30(26,27)23(15-16-5-4-12-21-14-16)18-6-3-7-20(13-18)28-19-10-8-17(9-11-19)22-29(24)25/h3-14H,2,15H2,1H3. The number of aromatic nitrogens is 1. The summed E-state index contributed by atoms with van der Waals surface area (Å²) in [5, 5.41) is 0.